The Hall–Kier alpha value is -1.69. The molecule has 6 heteroatoms. The van der Waals surface area contributed by atoms with Gasteiger partial charge in [0.15, 0.2) is 0 Å². The molecular weight excluding hydrogens is 246 g/mol. The maximum absolute atomic E-state index is 11.7. The summed E-state index contributed by atoms with van der Waals surface area (Å²) < 4.78 is 5.17. The number of aromatic amines is 1. The van der Waals surface area contributed by atoms with Crippen LogP contribution >= 0.6 is 0 Å². The van der Waals surface area contributed by atoms with Crippen LogP contribution in [-0.4, -0.2) is 35.6 Å². The van der Waals surface area contributed by atoms with E-state index in [-0.39, 0.29) is 17.9 Å². The summed E-state index contributed by atoms with van der Waals surface area (Å²) in [6.07, 6.45) is 0.824. The fraction of sp³-hybridized carbons (Fsp3) is 0.615. The van der Waals surface area contributed by atoms with Gasteiger partial charge >= 0.3 is 0 Å². The minimum atomic E-state index is -0.241. The highest BCUT2D eigenvalue weighted by molar-refractivity contribution is 5.78. The van der Waals surface area contributed by atoms with E-state index in [0.717, 1.165) is 6.42 Å². The number of ether oxygens (including phenoxy) is 1. The van der Waals surface area contributed by atoms with E-state index in [1.165, 1.54) is 0 Å². The second-order valence-electron chi connectivity index (χ2n) is 4.29. The van der Waals surface area contributed by atoms with Crippen LogP contribution in [0.1, 0.15) is 30.4 Å². The Balaban J connectivity index is 2.47. The van der Waals surface area contributed by atoms with Crippen LogP contribution in [0.25, 0.3) is 0 Å². The molecule has 1 heterocycles. The number of carbonyl (C=O) groups excluding carboxylic acids is 1. The second kappa shape index (κ2) is 7.68. The molecule has 2 N–H and O–H groups in total. The van der Waals surface area contributed by atoms with E-state index in [9.17, 15) is 9.59 Å². The van der Waals surface area contributed by atoms with Gasteiger partial charge in [0.2, 0.25) is 5.91 Å². The highest BCUT2D eigenvalue weighted by atomic mass is 16.5. The lowest BCUT2D eigenvalue weighted by atomic mass is 10.1. The lowest BCUT2D eigenvalue weighted by molar-refractivity contribution is -0.120. The lowest BCUT2D eigenvalue weighted by Crippen LogP contribution is -2.30. The maximum atomic E-state index is 11.7. The van der Waals surface area contributed by atoms with Crippen LogP contribution in [0.4, 0.5) is 0 Å². The zero-order valence-electron chi connectivity index (χ0n) is 11.7. The van der Waals surface area contributed by atoms with Crippen molar-refractivity contribution in [2.45, 2.75) is 33.6 Å². The predicted octanol–water partition coefficient (Wildman–Crippen LogP) is 0.472. The van der Waals surface area contributed by atoms with Crippen LogP contribution in [0.5, 0.6) is 0 Å². The Bertz CT molecular complexity index is 483. The summed E-state index contributed by atoms with van der Waals surface area (Å²) in [4.78, 5) is 30.2. The van der Waals surface area contributed by atoms with Crippen LogP contribution < -0.4 is 10.9 Å². The second-order valence-corrected chi connectivity index (χ2v) is 4.29. The number of H-pyrrole nitrogens is 1. The van der Waals surface area contributed by atoms with Crippen LogP contribution in [0.3, 0.4) is 0 Å². The maximum Gasteiger partial charge on any atom is 0.254 e. The third-order valence-corrected chi connectivity index (χ3v) is 2.67. The van der Waals surface area contributed by atoms with Gasteiger partial charge < -0.3 is 15.0 Å². The summed E-state index contributed by atoms with van der Waals surface area (Å²) in [5.74, 6) is 0.388. The summed E-state index contributed by atoms with van der Waals surface area (Å²) in [7, 11) is 0. The highest BCUT2D eigenvalue weighted by Gasteiger charge is 2.11. The first-order chi connectivity index (χ1) is 9.04. The number of aryl methyl sites for hydroxylation is 2. The molecular formula is C13H21N3O3. The van der Waals surface area contributed by atoms with E-state index < -0.39 is 0 Å². The molecule has 0 saturated carbocycles. The van der Waals surface area contributed by atoms with Crippen molar-refractivity contribution in [3.8, 4) is 0 Å². The minimum Gasteiger partial charge on any atom is -0.382 e. The normalized spacial score (nSPS) is 10.5. The molecule has 1 aromatic heterocycles. The van der Waals surface area contributed by atoms with Gasteiger partial charge in [0.05, 0.1) is 6.42 Å². The average Bonchev–Trinajstić information content (AvgIpc) is 2.33. The topological polar surface area (TPSA) is 84.1 Å². The van der Waals surface area contributed by atoms with Gasteiger partial charge in [-0.3, -0.25) is 9.59 Å². The molecule has 6 nitrogen and oxygen atoms in total. The summed E-state index contributed by atoms with van der Waals surface area (Å²) in [6.45, 7) is 7.24. The number of hydrogen-bond acceptors (Lipinski definition) is 4. The zero-order valence-corrected chi connectivity index (χ0v) is 11.7. The SMILES string of the molecule is CCOCCCNC(=O)Cc1c(C)nc(C)[nH]c1=O. The van der Waals surface area contributed by atoms with E-state index in [1.807, 2.05) is 6.92 Å². The van der Waals surface area contributed by atoms with Crippen LogP contribution in [0.2, 0.25) is 0 Å². The third-order valence-electron chi connectivity index (χ3n) is 2.67. The Kier molecular flexibility index (Phi) is 6.21. The molecule has 0 atom stereocenters. The van der Waals surface area contributed by atoms with Gasteiger partial charge in [-0.05, 0) is 27.2 Å². The molecule has 0 saturated heterocycles. The molecule has 0 aliphatic carbocycles. The Morgan fingerprint density at radius 2 is 2.16 bits per heavy atom. The molecule has 1 aromatic rings. The number of nitrogens with zero attached hydrogens (tertiary/aromatic N) is 1. The summed E-state index contributed by atoms with van der Waals surface area (Å²) in [5.41, 5.74) is 0.785. The summed E-state index contributed by atoms with van der Waals surface area (Å²) in [6, 6.07) is 0. The first-order valence-corrected chi connectivity index (χ1v) is 6.45. The van der Waals surface area contributed by atoms with Crippen LogP contribution in [0.15, 0.2) is 4.79 Å². The molecule has 0 aliphatic heterocycles. The minimum absolute atomic E-state index is 0.0586. The Morgan fingerprint density at radius 3 is 2.79 bits per heavy atom. The number of hydrogen-bond donors (Lipinski definition) is 2. The van der Waals surface area contributed by atoms with Gasteiger partial charge in [-0.2, -0.15) is 0 Å². The molecule has 0 spiro atoms. The number of amides is 1. The van der Waals surface area contributed by atoms with Gasteiger partial charge in [0.1, 0.15) is 5.82 Å². The molecule has 106 valence electrons. The quantitative estimate of drug-likeness (QED) is 0.703. The van der Waals surface area contributed by atoms with Crippen LogP contribution in [-0.2, 0) is 16.0 Å². The zero-order chi connectivity index (χ0) is 14.3. The van der Waals surface area contributed by atoms with Gasteiger partial charge in [-0.15, -0.1) is 0 Å². The molecule has 1 amide bonds. The fourth-order valence-electron chi connectivity index (χ4n) is 1.73. The number of carbonyl (C=O) groups is 1. The molecule has 0 radical (unpaired) electrons. The van der Waals surface area contributed by atoms with E-state index in [2.05, 4.69) is 15.3 Å². The third kappa shape index (κ3) is 5.21. The Morgan fingerprint density at radius 1 is 1.42 bits per heavy atom. The fourth-order valence-corrected chi connectivity index (χ4v) is 1.73. The molecule has 0 fully saturated rings. The van der Waals surface area contributed by atoms with Gasteiger partial charge in [0, 0.05) is 31.0 Å². The van der Waals surface area contributed by atoms with Gasteiger partial charge in [-0.25, -0.2) is 4.98 Å². The van der Waals surface area contributed by atoms with Crippen molar-refractivity contribution in [2.75, 3.05) is 19.8 Å². The monoisotopic (exact) mass is 267 g/mol. The summed E-state index contributed by atoms with van der Waals surface area (Å²) in [5, 5.41) is 2.76. The van der Waals surface area contributed by atoms with Crippen molar-refractivity contribution in [3.63, 3.8) is 0 Å². The van der Waals surface area contributed by atoms with E-state index >= 15 is 0 Å². The number of rotatable bonds is 7. The Labute approximate surface area is 112 Å². The van der Waals surface area contributed by atoms with Crippen molar-refractivity contribution in [1.29, 1.82) is 0 Å². The van der Waals surface area contributed by atoms with Crippen molar-refractivity contribution in [1.82, 2.24) is 15.3 Å². The predicted molar refractivity (Wildman–Crippen MR) is 72.2 cm³/mol. The van der Waals surface area contributed by atoms with E-state index in [0.29, 0.717) is 36.8 Å². The van der Waals surface area contributed by atoms with Crippen molar-refractivity contribution >= 4 is 5.91 Å². The molecule has 0 aromatic carbocycles. The summed E-state index contributed by atoms with van der Waals surface area (Å²) >= 11 is 0. The number of aromatic nitrogens is 2. The van der Waals surface area contributed by atoms with Crippen molar-refractivity contribution < 1.29 is 9.53 Å². The van der Waals surface area contributed by atoms with Crippen molar-refractivity contribution in [3.05, 3.63) is 27.4 Å². The smallest absolute Gasteiger partial charge is 0.254 e. The van der Waals surface area contributed by atoms with E-state index in [4.69, 9.17) is 4.74 Å². The molecule has 0 bridgehead atoms. The van der Waals surface area contributed by atoms with Gasteiger partial charge in [-0.1, -0.05) is 0 Å². The standard InChI is InChI=1S/C13H21N3O3/c1-4-19-7-5-6-14-12(17)8-11-9(2)15-10(3)16-13(11)18/h4-8H2,1-3H3,(H,14,17)(H,15,16,18). The largest absolute Gasteiger partial charge is 0.382 e. The van der Waals surface area contributed by atoms with Crippen molar-refractivity contribution in [2.24, 2.45) is 0 Å². The van der Waals surface area contributed by atoms with Gasteiger partial charge in [0.25, 0.3) is 5.56 Å². The molecule has 0 unspecified atom stereocenters. The first kappa shape index (κ1) is 15.4. The average molecular weight is 267 g/mol. The molecule has 19 heavy (non-hydrogen) atoms. The highest BCUT2D eigenvalue weighted by Crippen LogP contribution is 1.99. The molecule has 0 aliphatic rings. The molecule has 1 rings (SSSR count). The van der Waals surface area contributed by atoms with E-state index in [1.54, 1.807) is 13.8 Å². The lowest BCUT2D eigenvalue weighted by Gasteiger charge is -2.07. The van der Waals surface area contributed by atoms with Crippen LogP contribution in [0, 0.1) is 13.8 Å². The first-order valence-electron chi connectivity index (χ1n) is 6.45. The number of nitrogens with one attached hydrogen (secondary N) is 2.